The predicted octanol–water partition coefficient (Wildman–Crippen LogP) is 2.87. The summed E-state index contributed by atoms with van der Waals surface area (Å²) in [6.07, 6.45) is 3.09. The monoisotopic (exact) mass is 234 g/mol. The zero-order valence-corrected chi connectivity index (χ0v) is 9.82. The summed E-state index contributed by atoms with van der Waals surface area (Å²) in [6, 6.07) is 6.09. The standard InChI is InChI=1S/C12H11ClN2O/c1-8-3-9(2)5-11(4-8)15-7-10(6-14-15)12(13)16/h3-7H,1-2H3. The van der Waals surface area contributed by atoms with Gasteiger partial charge >= 0.3 is 0 Å². The van der Waals surface area contributed by atoms with Crippen LogP contribution in [0.25, 0.3) is 5.69 Å². The van der Waals surface area contributed by atoms with E-state index in [4.69, 9.17) is 11.6 Å². The van der Waals surface area contributed by atoms with Crippen LogP contribution in [0, 0.1) is 13.8 Å². The highest BCUT2D eigenvalue weighted by atomic mass is 35.5. The fourth-order valence-electron chi connectivity index (χ4n) is 1.65. The first-order chi connectivity index (χ1) is 7.56. The number of carbonyl (C=O) groups excluding carboxylic acids is 1. The summed E-state index contributed by atoms with van der Waals surface area (Å²) in [5.41, 5.74) is 3.65. The molecule has 0 aliphatic carbocycles. The summed E-state index contributed by atoms with van der Waals surface area (Å²) in [5.74, 6) is 0. The van der Waals surface area contributed by atoms with Crippen LogP contribution in [-0.4, -0.2) is 15.0 Å². The van der Waals surface area contributed by atoms with Gasteiger partial charge < -0.3 is 0 Å². The maximum atomic E-state index is 10.9. The van der Waals surface area contributed by atoms with Gasteiger partial charge in [-0.25, -0.2) is 4.68 Å². The van der Waals surface area contributed by atoms with Gasteiger partial charge in [0.25, 0.3) is 5.24 Å². The van der Waals surface area contributed by atoms with E-state index in [-0.39, 0.29) is 0 Å². The first kappa shape index (κ1) is 10.9. The van der Waals surface area contributed by atoms with E-state index in [9.17, 15) is 4.79 Å². The van der Waals surface area contributed by atoms with Crippen LogP contribution in [0.3, 0.4) is 0 Å². The molecule has 0 fully saturated rings. The van der Waals surface area contributed by atoms with Crippen LogP contribution in [-0.2, 0) is 0 Å². The van der Waals surface area contributed by atoms with Gasteiger partial charge in [0.1, 0.15) is 0 Å². The lowest BCUT2D eigenvalue weighted by atomic mass is 10.1. The molecule has 0 aliphatic rings. The number of benzene rings is 1. The van der Waals surface area contributed by atoms with E-state index < -0.39 is 5.24 Å². The normalized spacial score (nSPS) is 10.4. The Bertz CT molecular complexity index is 525. The van der Waals surface area contributed by atoms with Gasteiger partial charge in [-0.15, -0.1) is 0 Å². The van der Waals surface area contributed by atoms with Crippen molar-refractivity contribution in [2.45, 2.75) is 13.8 Å². The van der Waals surface area contributed by atoms with E-state index in [0.717, 1.165) is 16.8 Å². The number of hydrogen-bond donors (Lipinski definition) is 0. The molecule has 0 amide bonds. The molecule has 16 heavy (non-hydrogen) atoms. The Morgan fingerprint density at radius 1 is 1.25 bits per heavy atom. The van der Waals surface area contributed by atoms with Crippen LogP contribution in [0.5, 0.6) is 0 Å². The fraction of sp³-hybridized carbons (Fsp3) is 0.167. The lowest BCUT2D eigenvalue weighted by Crippen LogP contribution is -1.95. The largest absolute Gasteiger partial charge is 0.275 e. The highest BCUT2D eigenvalue weighted by Gasteiger charge is 2.06. The summed E-state index contributed by atoms with van der Waals surface area (Å²) in [4.78, 5) is 10.9. The number of halogens is 1. The third-order valence-electron chi connectivity index (χ3n) is 2.28. The molecule has 0 spiro atoms. The molecule has 82 valence electrons. The number of rotatable bonds is 2. The maximum Gasteiger partial charge on any atom is 0.255 e. The first-order valence-electron chi connectivity index (χ1n) is 4.89. The minimum absolute atomic E-state index is 0.404. The maximum absolute atomic E-state index is 10.9. The van der Waals surface area contributed by atoms with Gasteiger partial charge in [-0.1, -0.05) is 6.07 Å². The minimum atomic E-state index is -0.490. The van der Waals surface area contributed by atoms with Crippen molar-refractivity contribution in [1.82, 2.24) is 9.78 Å². The van der Waals surface area contributed by atoms with Crippen molar-refractivity contribution in [1.29, 1.82) is 0 Å². The molecule has 0 unspecified atom stereocenters. The van der Waals surface area contributed by atoms with Crippen LogP contribution in [0.2, 0.25) is 0 Å². The molecular formula is C12H11ClN2O. The summed E-state index contributed by atoms with van der Waals surface area (Å²) in [7, 11) is 0. The molecule has 3 nitrogen and oxygen atoms in total. The third-order valence-corrected chi connectivity index (χ3v) is 2.50. The van der Waals surface area contributed by atoms with E-state index in [2.05, 4.69) is 11.2 Å². The number of hydrogen-bond acceptors (Lipinski definition) is 2. The molecule has 0 atom stereocenters. The van der Waals surface area contributed by atoms with Gasteiger partial charge in [0.15, 0.2) is 0 Å². The van der Waals surface area contributed by atoms with Crippen LogP contribution in [0.15, 0.2) is 30.6 Å². The molecule has 0 N–H and O–H groups in total. The average molecular weight is 235 g/mol. The molecule has 4 heteroatoms. The molecule has 2 aromatic rings. The Balaban J connectivity index is 2.46. The zero-order chi connectivity index (χ0) is 11.7. The van der Waals surface area contributed by atoms with Crippen LogP contribution in [0.1, 0.15) is 21.5 Å². The van der Waals surface area contributed by atoms with Gasteiger partial charge in [-0.2, -0.15) is 5.10 Å². The van der Waals surface area contributed by atoms with Gasteiger partial charge in [0.2, 0.25) is 0 Å². The molecule has 1 heterocycles. The number of carbonyl (C=O) groups is 1. The van der Waals surface area contributed by atoms with Crippen molar-refractivity contribution in [2.24, 2.45) is 0 Å². The Labute approximate surface area is 98.7 Å². The SMILES string of the molecule is Cc1cc(C)cc(-n2cc(C(=O)Cl)cn2)c1. The zero-order valence-electron chi connectivity index (χ0n) is 9.07. The van der Waals surface area contributed by atoms with Gasteiger partial charge in [-0.05, 0) is 48.7 Å². The summed E-state index contributed by atoms with van der Waals surface area (Å²) >= 11 is 5.37. The second-order valence-corrected chi connectivity index (χ2v) is 4.14. The Hall–Kier alpha value is -1.61. The van der Waals surface area contributed by atoms with E-state index in [1.165, 1.54) is 6.20 Å². The first-order valence-corrected chi connectivity index (χ1v) is 5.27. The summed E-state index contributed by atoms with van der Waals surface area (Å²) in [5, 5.41) is 3.61. The smallest absolute Gasteiger partial charge is 0.255 e. The highest BCUT2D eigenvalue weighted by molar-refractivity contribution is 6.67. The van der Waals surface area contributed by atoms with Crippen LogP contribution < -0.4 is 0 Å². The Morgan fingerprint density at radius 3 is 2.38 bits per heavy atom. The van der Waals surface area contributed by atoms with E-state index in [0.29, 0.717) is 5.56 Å². The lowest BCUT2D eigenvalue weighted by Gasteiger charge is -2.04. The lowest BCUT2D eigenvalue weighted by molar-refractivity contribution is 0.108. The molecular weight excluding hydrogens is 224 g/mol. The van der Waals surface area contributed by atoms with Gasteiger partial charge in [0, 0.05) is 6.20 Å². The molecule has 1 aromatic heterocycles. The Kier molecular flexibility index (Phi) is 2.79. The minimum Gasteiger partial charge on any atom is -0.275 e. The fourth-order valence-corrected chi connectivity index (χ4v) is 1.75. The van der Waals surface area contributed by atoms with Crippen molar-refractivity contribution in [3.63, 3.8) is 0 Å². The van der Waals surface area contributed by atoms with Crippen molar-refractivity contribution in [2.75, 3.05) is 0 Å². The van der Waals surface area contributed by atoms with Crippen molar-refractivity contribution < 1.29 is 4.79 Å². The second kappa shape index (κ2) is 4.10. The van der Waals surface area contributed by atoms with E-state index >= 15 is 0 Å². The summed E-state index contributed by atoms with van der Waals surface area (Å²) in [6.45, 7) is 4.04. The quantitative estimate of drug-likeness (QED) is 0.749. The molecule has 0 aliphatic heterocycles. The predicted molar refractivity (Wildman–Crippen MR) is 63.2 cm³/mol. The van der Waals surface area contributed by atoms with Crippen LogP contribution >= 0.6 is 11.6 Å². The van der Waals surface area contributed by atoms with Crippen molar-refractivity contribution >= 4 is 16.8 Å². The number of aryl methyl sites for hydroxylation is 2. The van der Waals surface area contributed by atoms with Crippen LogP contribution in [0.4, 0.5) is 0 Å². The Morgan fingerprint density at radius 2 is 1.88 bits per heavy atom. The van der Waals surface area contributed by atoms with Crippen molar-refractivity contribution in [3.8, 4) is 5.69 Å². The highest BCUT2D eigenvalue weighted by Crippen LogP contribution is 2.14. The second-order valence-electron chi connectivity index (χ2n) is 3.79. The third kappa shape index (κ3) is 2.14. The van der Waals surface area contributed by atoms with Gasteiger partial charge in [0.05, 0.1) is 17.4 Å². The number of nitrogens with zero attached hydrogens (tertiary/aromatic N) is 2. The summed E-state index contributed by atoms with van der Waals surface area (Å²) < 4.78 is 1.65. The van der Waals surface area contributed by atoms with E-state index in [1.54, 1.807) is 10.9 Å². The topological polar surface area (TPSA) is 34.9 Å². The molecule has 2 rings (SSSR count). The molecule has 1 aromatic carbocycles. The average Bonchev–Trinajstić information content (AvgIpc) is 2.64. The number of aromatic nitrogens is 2. The molecule has 0 saturated carbocycles. The molecule has 0 saturated heterocycles. The van der Waals surface area contributed by atoms with E-state index in [1.807, 2.05) is 26.0 Å². The van der Waals surface area contributed by atoms with Gasteiger partial charge in [-0.3, -0.25) is 4.79 Å². The molecule has 0 bridgehead atoms. The van der Waals surface area contributed by atoms with Crippen molar-refractivity contribution in [3.05, 3.63) is 47.3 Å². The molecule has 0 radical (unpaired) electrons.